The van der Waals surface area contributed by atoms with Gasteiger partial charge in [-0.15, -0.1) is 10.2 Å². The summed E-state index contributed by atoms with van der Waals surface area (Å²) in [5, 5.41) is 12.4. The van der Waals surface area contributed by atoms with Crippen molar-refractivity contribution in [2.45, 2.75) is 24.0 Å². The van der Waals surface area contributed by atoms with Crippen LogP contribution in [0.2, 0.25) is 5.02 Å². The van der Waals surface area contributed by atoms with Crippen LogP contribution in [0.25, 0.3) is 11.4 Å². The van der Waals surface area contributed by atoms with E-state index in [1.54, 1.807) is 42.5 Å². The van der Waals surface area contributed by atoms with Gasteiger partial charge < -0.3 is 5.32 Å². The maximum Gasteiger partial charge on any atom is 0.234 e. The molecule has 3 aromatic rings. The predicted molar refractivity (Wildman–Crippen MR) is 104 cm³/mol. The number of hydrogen-bond donors (Lipinski definition) is 1. The fourth-order valence-electron chi connectivity index (χ4n) is 2.72. The number of rotatable bonds is 6. The van der Waals surface area contributed by atoms with Crippen LogP contribution in [0.15, 0.2) is 53.7 Å². The van der Waals surface area contributed by atoms with E-state index in [-0.39, 0.29) is 23.5 Å². The Morgan fingerprint density at radius 1 is 1.19 bits per heavy atom. The molecule has 0 bridgehead atoms. The first-order valence-electron chi connectivity index (χ1n) is 8.50. The average molecular weight is 403 g/mol. The van der Waals surface area contributed by atoms with Gasteiger partial charge in [0, 0.05) is 16.8 Å². The molecule has 1 heterocycles. The molecule has 4 rings (SSSR count). The van der Waals surface area contributed by atoms with Gasteiger partial charge in [0.1, 0.15) is 5.82 Å². The average Bonchev–Trinajstić information content (AvgIpc) is 3.42. The van der Waals surface area contributed by atoms with Crippen molar-refractivity contribution in [2.24, 2.45) is 0 Å². The summed E-state index contributed by atoms with van der Waals surface area (Å²) in [5.41, 5.74) is 1.11. The molecule has 0 aliphatic heterocycles. The summed E-state index contributed by atoms with van der Waals surface area (Å²) in [6.07, 6.45) is 2.01. The van der Waals surface area contributed by atoms with E-state index >= 15 is 0 Å². The number of nitrogens with one attached hydrogen (secondary N) is 1. The van der Waals surface area contributed by atoms with E-state index in [0.29, 0.717) is 27.3 Å². The normalized spacial score (nSPS) is 13.6. The highest BCUT2D eigenvalue weighted by molar-refractivity contribution is 7.99. The summed E-state index contributed by atoms with van der Waals surface area (Å²) < 4.78 is 16.1. The molecule has 0 radical (unpaired) electrons. The van der Waals surface area contributed by atoms with Gasteiger partial charge in [-0.05, 0) is 49.2 Å². The van der Waals surface area contributed by atoms with Gasteiger partial charge in [0.05, 0.1) is 11.3 Å². The van der Waals surface area contributed by atoms with E-state index < -0.39 is 0 Å². The highest BCUT2D eigenvalue weighted by Gasteiger charge is 2.31. The molecule has 27 heavy (non-hydrogen) atoms. The summed E-state index contributed by atoms with van der Waals surface area (Å²) in [5.74, 6) is 0.213. The Bertz CT molecular complexity index is 972. The first-order chi connectivity index (χ1) is 13.1. The van der Waals surface area contributed by atoms with Gasteiger partial charge >= 0.3 is 0 Å². The van der Waals surface area contributed by atoms with E-state index in [4.69, 9.17) is 11.6 Å². The summed E-state index contributed by atoms with van der Waals surface area (Å²) in [4.78, 5) is 12.2. The van der Waals surface area contributed by atoms with Crippen molar-refractivity contribution in [2.75, 3.05) is 11.1 Å². The second-order valence-corrected chi connectivity index (χ2v) is 7.61. The minimum atomic E-state index is -0.330. The van der Waals surface area contributed by atoms with Crippen LogP contribution >= 0.6 is 23.4 Å². The molecular weight excluding hydrogens is 387 g/mol. The fourth-order valence-corrected chi connectivity index (χ4v) is 3.66. The highest BCUT2D eigenvalue weighted by atomic mass is 35.5. The number of hydrogen-bond acceptors (Lipinski definition) is 4. The van der Waals surface area contributed by atoms with Crippen LogP contribution in [0.4, 0.5) is 10.1 Å². The molecule has 1 fully saturated rings. The van der Waals surface area contributed by atoms with Gasteiger partial charge in [-0.2, -0.15) is 0 Å². The van der Waals surface area contributed by atoms with E-state index in [9.17, 15) is 9.18 Å². The van der Waals surface area contributed by atoms with Crippen molar-refractivity contribution in [1.82, 2.24) is 14.8 Å². The highest BCUT2D eigenvalue weighted by Crippen LogP contribution is 2.41. The Labute approximate surface area is 164 Å². The second kappa shape index (κ2) is 7.70. The molecule has 1 amide bonds. The quantitative estimate of drug-likeness (QED) is 0.601. The minimum Gasteiger partial charge on any atom is -0.325 e. The van der Waals surface area contributed by atoms with Crippen molar-refractivity contribution >= 4 is 35.0 Å². The number of carbonyl (C=O) groups is 1. The number of anilines is 1. The smallest absolute Gasteiger partial charge is 0.234 e. The zero-order chi connectivity index (χ0) is 18.8. The third-order valence-corrected chi connectivity index (χ3v) is 5.35. The molecule has 1 N–H and O–H groups in total. The first-order valence-corrected chi connectivity index (χ1v) is 9.86. The summed E-state index contributed by atoms with van der Waals surface area (Å²) in [6.45, 7) is 0. The maximum atomic E-state index is 14.2. The molecule has 138 valence electrons. The Kier molecular flexibility index (Phi) is 5.13. The van der Waals surface area contributed by atoms with Crippen LogP contribution in [0.1, 0.15) is 18.9 Å². The summed E-state index contributed by atoms with van der Waals surface area (Å²) in [7, 11) is 0. The molecule has 1 aliphatic rings. The summed E-state index contributed by atoms with van der Waals surface area (Å²) in [6, 6.07) is 13.7. The predicted octanol–water partition coefficient (Wildman–Crippen LogP) is 4.80. The SMILES string of the molecule is O=C(CSc1nnc(-c2ccccc2F)n1C1CC1)Nc1ccc(Cl)cc1. The molecule has 5 nitrogen and oxygen atoms in total. The van der Waals surface area contributed by atoms with Gasteiger partial charge in [-0.1, -0.05) is 35.5 Å². The molecule has 0 unspecified atom stereocenters. The summed E-state index contributed by atoms with van der Waals surface area (Å²) >= 11 is 7.14. The zero-order valence-corrected chi connectivity index (χ0v) is 15.8. The number of aromatic nitrogens is 3. The number of benzene rings is 2. The van der Waals surface area contributed by atoms with E-state index in [0.717, 1.165) is 12.8 Å². The molecule has 1 aliphatic carbocycles. The van der Waals surface area contributed by atoms with E-state index in [1.165, 1.54) is 17.8 Å². The largest absolute Gasteiger partial charge is 0.325 e. The van der Waals surface area contributed by atoms with Gasteiger partial charge in [-0.25, -0.2) is 4.39 Å². The first kappa shape index (κ1) is 18.0. The lowest BCUT2D eigenvalue weighted by Crippen LogP contribution is -2.14. The zero-order valence-electron chi connectivity index (χ0n) is 14.2. The molecule has 0 spiro atoms. The number of thioether (sulfide) groups is 1. The van der Waals surface area contributed by atoms with Crippen LogP contribution in [-0.2, 0) is 4.79 Å². The lowest BCUT2D eigenvalue weighted by molar-refractivity contribution is -0.113. The van der Waals surface area contributed by atoms with E-state index in [1.807, 2.05) is 4.57 Å². The Balaban J connectivity index is 1.49. The minimum absolute atomic E-state index is 0.153. The molecule has 2 aromatic carbocycles. The van der Waals surface area contributed by atoms with Crippen LogP contribution in [0.3, 0.4) is 0 Å². The maximum absolute atomic E-state index is 14.2. The van der Waals surface area contributed by atoms with Gasteiger partial charge in [0.15, 0.2) is 11.0 Å². The Morgan fingerprint density at radius 2 is 1.93 bits per heavy atom. The molecule has 0 atom stereocenters. The number of halogens is 2. The van der Waals surface area contributed by atoms with Crippen molar-refractivity contribution in [3.63, 3.8) is 0 Å². The van der Waals surface area contributed by atoms with Gasteiger partial charge in [0.25, 0.3) is 0 Å². The van der Waals surface area contributed by atoms with Gasteiger partial charge in [-0.3, -0.25) is 9.36 Å². The van der Waals surface area contributed by atoms with Crippen LogP contribution < -0.4 is 5.32 Å². The molecular formula is C19H16ClFN4OS. The molecule has 8 heteroatoms. The van der Waals surface area contributed by atoms with Crippen molar-refractivity contribution < 1.29 is 9.18 Å². The molecule has 1 aromatic heterocycles. The third-order valence-electron chi connectivity index (χ3n) is 4.15. The Hall–Kier alpha value is -2.38. The standard InChI is InChI=1S/C19H16ClFN4OS/c20-12-5-7-13(8-6-12)22-17(26)11-27-19-24-23-18(25(19)14-9-10-14)15-3-1-2-4-16(15)21/h1-8,14H,9-11H2,(H,22,26). The van der Waals surface area contributed by atoms with Crippen LogP contribution in [0, 0.1) is 5.82 Å². The van der Waals surface area contributed by atoms with Crippen molar-refractivity contribution in [3.05, 3.63) is 59.4 Å². The molecule has 1 saturated carbocycles. The molecule has 0 saturated heterocycles. The van der Waals surface area contributed by atoms with Gasteiger partial charge in [0.2, 0.25) is 5.91 Å². The Morgan fingerprint density at radius 3 is 2.63 bits per heavy atom. The number of nitrogens with zero attached hydrogens (tertiary/aromatic N) is 3. The second-order valence-electron chi connectivity index (χ2n) is 6.23. The van der Waals surface area contributed by atoms with Crippen molar-refractivity contribution in [3.8, 4) is 11.4 Å². The topological polar surface area (TPSA) is 59.8 Å². The van der Waals surface area contributed by atoms with Crippen LogP contribution in [-0.4, -0.2) is 26.4 Å². The lowest BCUT2D eigenvalue weighted by atomic mass is 10.2. The van der Waals surface area contributed by atoms with E-state index in [2.05, 4.69) is 15.5 Å². The van der Waals surface area contributed by atoms with Crippen LogP contribution in [0.5, 0.6) is 0 Å². The fraction of sp³-hybridized carbons (Fsp3) is 0.211. The number of carbonyl (C=O) groups excluding carboxylic acids is 1. The number of amides is 1. The van der Waals surface area contributed by atoms with Crippen molar-refractivity contribution in [1.29, 1.82) is 0 Å². The monoisotopic (exact) mass is 402 g/mol. The third kappa shape index (κ3) is 4.14. The lowest BCUT2D eigenvalue weighted by Gasteiger charge is -2.09.